The summed E-state index contributed by atoms with van der Waals surface area (Å²) in [6.07, 6.45) is 1.20. The predicted octanol–water partition coefficient (Wildman–Crippen LogP) is 2.71. The van der Waals surface area contributed by atoms with E-state index in [0.717, 1.165) is 6.07 Å². The van der Waals surface area contributed by atoms with Crippen molar-refractivity contribution in [1.29, 1.82) is 0 Å². The summed E-state index contributed by atoms with van der Waals surface area (Å²) in [6.45, 7) is 1.34. The Bertz CT molecular complexity index is 399. The third-order valence-electron chi connectivity index (χ3n) is 2.91. The van der Waals surface area contributed by atoms with Crippen LogP contribution in [0.2, 0.25) is 0 Å². The van der Waals surface area contributed by atoms with E-state index in [9.17, 15) is 17.6 Å². The lowest BCUT2D eigenvalue weighted by atomic mass is 9.89. The normalized spacial score (nSPS) is 17.8. The fourth-order valence-corrected chi connectivity index (χ4v) is 2.02. The molecule has 0 unspecified atom stereocenters. The zero-order chi connectivity index (χ0) is 11.7. The van der Waals surface area contributed by atoms with Crippen LogP contribution in [0.4, 0.5) is 17.6 Å². The summed E-state index contributed by atoms with van der Waals surface area (Å²) in [5.74, 6) is -6.28. The Morgan fingerprint density at radius 2 is 1.56 bits per heavy atom. The van der Waals surface area contributed by atoms with Gasteiger partial charge in [0.15, 0.2) is 23.3 Å². The molecule has 0 radical (unpaired) electrons. The number of piperidine rings is 1. The average molecular weight is 233 g/mol. The van der Waals surface area contributed by atoms with Crippen LogP contribution < -0.4 is 5.32 Å². The van der Waals surface area contributed by atoms with Crippen LogP contribution in [0.5, 0.6) is 0 Å². The molecule has 5 heteroatoms. The molecule has 0 atom stereocenters. The molecule has 0 amide bonds. The van der Waals surface area contributed by atoms with Crippen molar-refractivity contribution >= 4 is 0 Å². The van der Waals surface area contributed by atoms with Gasteiger partial charge in [0.1, 0.15) is 0 Å². The molecule has 1 N–H and O–H groups in total. The molecule has 0 aromatic heterocycles. The standard InChI is InChI=1S/C11H11F4N/c12-8-5-7(6-1-3-16-4-2-6)9(13)11(15)10(8)14/h5-6,16H,1-4H2. The summed E-state index contributed by atoms with van der Waals surface area (Å²) < 4.78 is 52.1. The smallest absolute Gasteiger partial charge is 0.197 e. The van der Waals surface area contributed by atoms with Crippen molar-refractivity contribution in [3.63, 3.8) is 0 Å². The Balaban J connectivity index is 2.40. The number of halogens is 4. The van der Waals surface area contributed by atoms with Crippen molar-refractivity contribution in [3.05, 3.63) is 34.9 Å². The molecule has 1 aliphatic rings. The number of benzene rings is 1. The maximum Gasteiger partial charge on any atom is 0.197 e. The number of hydrogen-bond donors (Lipinski definition) is 1. The number of hydrogen-bond acceptors (Lipinski definition) is 1. The first kappa shape index (κ1) is 11.4. The predicted molar refractivity (Wildman–Crippen MR) is 51.1 cm³/mol. The van der Waals surface area contributed by atoms with Gasteiger partial charge in [0.05, 0.1) is 0 Å². The Labute approximate surface area is 90.5 Å². The second kappa shape index (κ2) is 4.41. The highest BCUT2D eigenvalue weighted by molar-refractivity contribution is 5.25. The van der Waals surface area contributed by atoms with Gasteiger partial charge in [-0.15, -0.1) is 0 Å². The van der Waals surface area contributed by atoms with Crippen molar-refractivity contribution in [2.75, 3.05) is 13.1 Å². The van der Waals surface area contributed by atoms with Crippen LogP contribution in [0.3, 0.4) is 0 Å². The highest BCUT2D eigenvalue weighted by Gasteiger charge is 2.25. The fourth-order valence-electron chi connectivity index (χ4n) is 2.02. The fraction of sp³-hybridized carbons (Fsp3) is 0.455. The lowest BCUT2D eigenvalue weighted by Gasteiger charge is -2.23. The van der Waals surface area contributed by atoms with Gasteiger partial charge in [-0.3, -0.25) is 0 Å². The van der Waals surface area contributed by atoms with Crippen LogP contribution >= 0.6 is 0 Å². The van der Waals surface area contributed by atoms with E-state index in [0.29, 0.717) is 25.9 Å². The van der Waals surface area contributed by atoms with Crippen molar-refractivity contribution in [3.8, 4) is 0 Å². The second-order valence-electron chi connectivity index (χ2n) is 3.91. The zero-order valence-corrected chi connectivity index (χ0v) is 8.49. The van der Waals surface area contributed by atoms with Crippen molar-refractivity contribution in [1.82, 2.24) is 5.32 Å². The summed E-state index contributed by atoms with van der Waals surface area (Å²) in [4.78, 5) is 0. The minimum absolute atomic E-state index is 0.0575. The largest absolute Gasteiger partial charge is 0.317 e. The van der Waals surface area contributed by atoms with E-state index in [1.165, 1.54) is 0 Å². The first-order chi connectivity index (χ1) is 7.61. The van der Waals surface area contributed by atoms with E-state index in [2.05, 4.69) is 5.32 Å². The first-order valence-corrected chi connectivity index (χ1v) is 5.15. The van der Waals surface area contributed by atoms with E-state index in [1.54, 1.807) is 0 Å². The van der Waals surface area contributed by atoms with E-state index >= 15 is 0 Å². The molecule has 1 aromatic rings. The molecule has 0 saturated carbocycles. The Hall–Kier alpha value is -1.10. The molecule has 1 fully saturated rings. The molecule has 1 heterocycles. The number of rotatable bonds is 1. The maximum atomic E-state index is 13.4. The summed E-state index contributed by atoms with van der Waals surface area (Å²) in [5.41, 5.74) is -0.0575. The summed E-state index contributed by atoms with van der Waals surface area (Å²) in [7, 11) is 0. The van der Waals surface area contributed by atoms with Gasteiger partial charge in [-0.05, 0) is 43.5 Å². The highest BCUT2D eigenvalue weighted by atomic mass is 19.2. The summed E-state index contributed by atoms with van der Waals surface area (Å²) in [6, 6.07) is 0.768. The van der Waals surface area contributed by atoms with Crippen molar-refractivity contribution in [2.24, 2.45) is 0 Å². The average Bonchev–Trinajstić information content (AvgIpc) is 2.32. The molecule has 0 spiro atoms. The molecule has 16 heavy (non-hydrogen) atoms. The monoisotopic (exact) mass is 233 g/mol. The van der Waals surface area contributed by atoms with E-state index in [1.807, 2.05) is 0 Å². The third-order valence-corrected chi connectivity index (χ3v) is 2.91. The lowest BCUT2D eigenvalue weighted by Crippen LogP contribution is -2.27. The Kier molecular flexibility index (Phi) is 3.14. The molecule has 1 aromatic carbocycles. The SMILES string of the molecule is Fc1cc(C2CCNCC2)c(F)c(F)c1F. The Morgan fingerprint density at radius 1 is 0.938 bits per heavy atom. The molecular formula is C11H11F4N. The van der Waals surface area contributed by atoms with Gasteiger partial charge in [0.25, 0.3) is 0 Å². The molecule has 2 rings (SSSR count). The van der Waals surface area contributed by atoms with Crippen LogP contribution in [0.1, 0.15) is 24.3 Å². The zero-order valence-electron chi connectivity index (χ0n) is 8.49. The van der Waals surface area contributed by atoms with Crippen LogP contribution in [-0.2, 0) is 0 Å². The van der Waals surface area contributed by atoms with Gasteiger partial charge in [0.2, 0.25) is 0 Å². The summed E-state index contributed by atoms with van der Waals surface area (Å²) in [5, 5.41) is 3.06. The minimum Gasteiger partial charge on any atom is -0.317 e. The van der Waals surface area contributed by atoms with Gasteiger partial charge < -0.3 is 5.32 Å². The third kappa shape index (κ3) is 1.91. The summed E-state index contributed by atoms with van der Waals surface area (Å²) >= 11 is 0. The second-order valence-corrected chi connectivity index (χ2v) is 3.91. The van der Waals surface area contributed by atoms with Crippen molar-refractivity contribution < 1.29 is 17.6 Å². The minimum atomic E-state index is -1.74. The van der Waals surface area contributed by atoms with Gasteiger partial charge in [-0.2, -0.15) is 0 Å². The molecule has 1 nitrogen and oxygen atoms in total. The molecule has 1 saturated heterocycles. The number of nitrogens with one attached hydrogen (secondary N) is 1. The molecular weight excluding hydrogens is 222 g/mol. The Morgan fingerprint density at radius 3 is 2.19 bits per heavy atom. The van der Waals surface area contributed by atoms with Crippen LogP contribution in [0.15, 0.2) is 6.07 Å². The van der Waals surface area contributed by atoms with Crippen LogP contribution in [0.25, 0.3) is 0 Å². The van der Waals surface area contributed by atoms with E-state index in [4.69, 9.17) is 0 Å². The molecule has 88 valence electrons. The van der Waals surface area contributed by atoms with E-state index in [-0.39, 0.29) is 11.5 Å². The van der Waals surface area contributed by atoms with Crippen LogP contribution in [-0.4, -0.2) is 13.1 Å². The van der Waals surface area contributed by atoms with Gasteiger partial charge in [-0.1, -0.05) is 0 Å². The topological polar surface area (TPSA) is 12.0 Å². The highest BCUT2D eigenvalue weighted by Crippen LogP contribution is 2.30. The van der Waals surface area contributed by atoms with E-state index < -0.39 is 23.3 Å². The maximum absolute atomic E-state index is 13.4. The van der Waals surface area contributed by atoms with Gasteiger partial charge in [0, 0.05) is 0 Å². The van der Waals surface area contributed by atoms with Gasteiger partial charge in [-0.25, -0.2) is 17.6 Å². The van der Waals surface area contributed by atoms with Gasteiger partial charge >= 0.3 is 0 Å². The lowest BCUT2D eigenvalue weighted by molar-refractivity contribution is 0.385. The van der Waals surface area contributed by atoms with Crippen LogP contribution in [0, 0.1) is 23.3 Å². The molecule has 0 bridgehead atoms. The quantitative estimate of drug-likeness (QED) is 0.447. The molecule has 0 aliphatic carbocycles. The molecule has 1 aliphatic heterocycles. The van der Waals surface area contributed by atoms with Crippen molar-refractivity contribution in [2.45, 2.75) is 18.8 Å². The first-order valence-electron chi connectivity index (χ1n) is 5.15.